The predicted molar refractivity (Wildman–Crippen MR) is 381 cm³/mol. The van der Waals surface area contributed by atoms with Gasteiger partial charge in [-0.25, -0.2) is 4.79 Å². The van der Waals surface area contributed by atoms with Crippen LogP contribution in [0.25, 0.3) is 0 Å². The van der Waals surface area contributed by atoms with Crippen molar-refractivity contribution in [3.63, 3.8) is 0 Å². The Labute approximate surface area is 603 Å². The number of alkyl carbamates (subject to hydrolysis) is 1. The van der Waals surface area contributed by atoms with Crippen LogP contribution in [-0.4, -0.2) is 110 Å². The van der Waals surface area contributed by atoms with Crippen LogP contribution in [0, 0.1) is 0 Å². The maximum atomic E-state index is 15.0. The van der Waals surface area contributed by atoms with Crippen LogP contribution in [0.1, 0.15) is 142 Å². The number of ether oxygens (including phenoxy) is 11. The first-order chi connectivity index (χ1) is 48.6. The largest absolute Gasteiger partial charge is 0.445 e. The van der Waals surface area contributed by atoms with Gasteiger partial charge in [-0.05, 0) is 51.9 Å². The van der Waals surface area contributed by atoms with Gasteiger partial charge in [-0.1, -0.05) is 295 Å². The highest BCUT2D eigenvalue weighted by Crippen LogP contribution is 2.35. The molecule has 2 aliphatic heterocycles. The van der Waals surface area contributed by atoms with E-state index in [1.165, 1.54) is 63.5 Å². The highest BCUT2D eigenvalue weighted by molar-refractivity contribution is 6.67. The Kier molecular flexibility index (Phi) is 35.0. The van der Waals surface area contributed by atoms with E-state index in [-0.39, 0.29) is 65.9 Å². The van der Waals surface area contributed by atoms with E-state index < -0.39 is 102 Å². The predicted octanol–water partition coefficient (Wildman–Crippen LogP) is 17.6. The molecule has 0 saturated carbocycles. The first kappa shape index (κ1) is 79.8. The molecule has 2 N–H and O–H groups in total. The second kappa shape index (κ2) is 43.9. The van der Waals surface area contributed by atoms with Crippen molar-refractivity contribution in [1.29, 1.82) is 0 Å². The third-order valence-corrected chi connectivity index (χ3v) is 17.7. The lowest BCUT2D eigenvalue weighted by atomic mass is 9.94. The van der Waals surface area contributed by atoms with Gasteiger partial charge in [0.2, 0.25) is 9.70 Å². The average Bonchev–Trinajstić information content (AvgIpc) is 0.785. The van der Waals surface area contributed by atoms with Crippen molar-refractivity contribution >= 4 is 46.8 Å². The number of amides is 2. The van der Waals surface area contributed by atoms with Crippen molar-refractivity contribution in [3.05, 3.63) is 228 Å². The number of halogens is 6. The highest BCUT2D eigenvalue weighted by Gasteiger charge is 2.53. The first-order valence-corrected chi connectivity index (χ1v) is 36.2. The number of unbranched alkanes of at least 4 members (excludes halogenated alkanes) is 12. The Morgan fingerprint density at radius 3 is 1.33 bits per heavy atom. The van der Waals surface area contributed by atoms with Crippen LogP contribution in [-0.2, 0) is 103 Å². The molecule has 0 unspecified atom stereocenters. The van der Waals surface area contributed by atoms with E-state index in [1.807, 2.05) is 152 Å². The van der Waals surface area contributed by atoms with E-state index in [0.717, 1.165) is 72.1 Å². The summed E-state index contributed by atoms with van der Waals surface area (Å²) in [5.74, 6) is -0.421. The first-order valence-electron chi connectivity index (χ1n) is 35.1. The Bertz CT molecular complexity index is 3210. The lowest BCUT2D eigenvalue weighted by molar-refractivity contribution is -0.318. The number of rotatable bonds is 44. The molecule has 0 spiro atoms. The molecule has 0 bridgehead atoms. The van der Waals surface area contributed by atoms with Gasteiger partial charge in [-0.2, -0.15) is 13.2 Å². The molecule has 0 aromatic heterocycles. The summed E-state index contributed by atoms with van der Waals surface area (Å²) < 4.78 is 113. The van der Waals surface area contributed by atoms with Crippen LogP contribution in [0.4, 0.5) is 18.0 Å². The van der Waals surface area contributed by atoms with Crippen LogP contribution in [0.15, 0.2) is 189 Å². The summed E-state index contributed by atoms with van der Waals surface area (Å²) in [6.45, 7) is 5.70. The SMILES string of the molecule is C=CCO[C@H]1O[C@H](CO[C@@H]2O[C@H](COCc3ccccc3)[C@@H](OCc3ccccc3)[C@H](OCc3ccccc3)[C@H]2NC(=O)OCC(Cl)(Cl)Cl)[C@@H](OCc2ccccc2)[C@H](OCc2ccccc2)[C@H]1NC(=O)C[C@@H](CCCCCCCCCCCCCCC)OCc1ccc(C(F)(F)F)cc1. The number of carbonyl (C=O) groups is 2. The molecule has 0 radical (unpaired) electrons. The third kappa shape index (κ3) is 28.7. The lowest BCUT2D eigenvalue weighted by Gasteiger charge is -2.48. The zero-order valence-electron chi connectivity index (χ0n) is 57.1. The van der Waals surface area contributed by atoms with Gasteiger partial charge in [-0.15, -0.1) is 6.58 Å². The minimum atomic E-state index is -4.50. The number of carbonyl (C=O) groups excluding carboxylic acids is 2. The van der Waals surface area contributed by atoms with Gasteiger partial charge in [0.05, 0.1) is 77.6 Å². The van der Waals surface area contributed by atoms with E-state index in [0.29, 0.717) is 12.0 Å². The molecule has 11 atom stereocenters. The molecular weight excluding hydrogens is 1350 g/mol. The zero-order valence-corrected chi connectivity index (χ0v) is 59.4. The van der Waals surface area contributed by atoms with E-state index in [9.17, 15) is 18.0 Å². The average molecular weight is 1450 g/mol. The van der Waals surface area contributed by atoms with Gasteiger partial charge in [0.1, 0.15) is 55.3 Å². The van der Waals surface area contributed by atoms with Gasteiger partial charge >= 0.3 is 12.3 Å². The molecule has 2 saturated heterocycles. The molecule has 2 aliphatic rings. The Morgan fingerprint density at radius 2 is 0.890 bits per heavy atom. The molecule has 8 rings (SSSR count). The molecule has 6 aromatic rings. The van der Waals surface area contributed by atoms with Gasteiger partial charge in [0.25, 0.3) is 0 Å². The van der Waals surface area contributed by atoms with E-state index in [4.69, 9.17) is 86.9 Å². The smallest absolute Gasteiger partial charge is 0.416 e. The van der Waals surface area contributed by atoms with E-state index >= 15 is 4.79 Å². The van der Waals surface area contributed by atoms with Crippen molar-refractivity contribution in [1.82, 2.24) is 10.6 Å². The quantitative estimate of drug-likeness (QED) is 0.0212. The minimum Gasteiger partial charge on any atom is -0.445 e. The van der Waals surface area contributed by atoms with Gasteiger partial charge in [-0.3, -0.25) is 4.79 Å². The molecule has 544 valence electrons. The van der Waals surface area contributed by atoms with E-state index in [1.54, 1.807) is 6.08 Å². The molecule has 2 heterocycles. The molecule has 100 heavy (non-hydrogen) atoms. The maximum absolute atomic E-state index is 15.0. The summed E-state index contributed by atoms with van der Waals surface area (Å²) in [5.41, 5.74) is 4.00. The minimum absolute atomic E-state index is 0.0209. The van der Waals surface area contributed by atoms with Gasteiger partial charge in [0, 0.05) is 0 Å². The molecular formula is C79H98Cl3F3N2O13. The van der Waals surface area contributed by atoms with Crippen LogP contribution < -0.4 is 10.6 Å². The number of hydrogen-bond acceptors (Lipinski definition) is 13. The molecule has 0 aliphatic carbocycles. The number of benzene rings is 6. The fourth-order valence-corrected chi connectivity index (χ4v) is 12.3. The molecule has 6 aromatic carbocycles. The van der Waals surface area contributed by atoms with Crippen molar-refractivity contribution < 1.29 is 74.9 Å². The summed E-state index contributed by atoms with van der Waals surface area (Å²) in [5, 5.41) is 6.17. The Morgan fingerprint density at radius 1 is 0.490 bits per heavy atom. The maximum Gasteiger partial charge on any atom is 0.416 e. The molecule has 15 nitrogen and oxygen atoms in total. The lowest BCUT2D eigenvalue weighted by Crippen LogP contribution is -2.68. The normalized spacial score (nSPS) is 21.3. The summed E-state index contributed by atoms with van der Waals surface area (Å²) in [7, 11) is 0. The van der Waals surface area contributed by atoms with Gasteiger partial charge in [0.15, 0.2) is 12.6 Å². The van der Waals surface area contributed by atoms with Gasteiger partial charge < -0.3 is 62.7 Å². The fraction of sp³-hybridized carbons (Fsp3) is 0.494. The fourth-order valence-electron chi connectivity index (χ4n) is 12.2. The third-order valence-electron chi connectivity index (χ3n) is 17.4. The van der Waals surface area contributed by atoms with Crippen molar-refractivity contribution in [3.8, 4) is 0 Å². The van der Waals surface area contributed by atoms with Crippen LogP contribution in [0.2, 0.25) is 0 Å². The summed E-state index contributed by atoms with van der Waals surface area (Å²) in [6, 6.07) is 50.4. The molecule has 2 fully saturated rings. The van der Waals surface area contributed by atoms with E-state index in [2.05, 4.69) is 24.1 Å². The summed E-state index contributed by atoms with van der Waals surface area (Å²) in [6.07, 6.45) is 2.25. The summed E-state index contributed by atoms with van der Waals surface area (Å²) in [4.78, 5) is 29.2. The molecule has 2 amide bonds. The zero-order chi connectivity index (χ0) is 70.6. The second-order valence-electron chi connectivity index (χ2n) is 25.4. The number of hydrogen-bond donors (Lipinski definition) is 2. The van der Waals surface area contributed by atoms with Crippen molar-refractivity contribution in [2.24, 2.45) is 0 Å². The van der Waals surface area contributed by atoms with Crippen molar-refractivity contribution in [2.45, 2.75) is 220 Å². The van der Waals surface area contributed by atoms with Crippen LogP contribution >= 0.6 is 34.8 Å². The number of nitrogens with one attached hydrogen (secondary N) is 2. The number of alkyl halides is 6. The Hall–Kier alpha value is -5.94. The van der Waals surface area contributed by atoms with Crippen molar-refractivity contribution in [2.75, 3.05) is 26.4 Å². The second-order valence-corrected chi connectivity index (χ2v) is 27.9. The van der Waals surface area contributed by atoms with Crippen LogP contribution in [0.5, 0.6) is 0 Å². The Balaban J connectivity index is 1.10. The highest BCUT2D eigenvalue weighted by atomic mass is 35.6. The summed E-state index contributed by atoms with van der Waals surface area (Å²) >= 11 is 18.4. The monoisotopic (exact) mass is 1440 g/mol. The molecule has 21 heteroatoms. The standard InChI is InChI=1S/C79H98Cl3F3N2O13/c1-3-5-6-7-8-9-10-11-12-13-14-15-31-42-65(92-50-63-43-45-64(46-44-63)79(83,84)85)48-68(88)86-69-73(95-53-61-38-27-19-28-39-61)72(94-52-60-36-25-18-26-37-60)67(100-75(69)91-47-4-2)56-97-76-70(87-77(89)98-57-78(80,81)82)74(96-54-62-40-29-20-30-41-62)71(93-51-59-34-23-17-24-35-59)66(99-76)55-90-49-58-32-21-16-22-33-58/h4,16-30,32-41,43-46,65-67,69-76H,2-3,5-15,31,42,47-57H2,1H3,(H,86,88)(H,87,89)/t65-,66-,67-,69-,70-,71-,72-,73-,74-,75+,76-/m1/s1. The topological polar surface area (TPSA) is 160 Å². The van der Waals surface area contributed by atoms with Crippen LogP contribution in [0.3, 0.4) is 0 Å².